The van der Waals surface area contributed by atoms with Crippen molar-refractivity contribution in [2.45, 2.75) is 47.0 Å². The van der Waals surface area contributed by atoms with Gasteiger partial charge in [0.05, 0.1) is 5.92 Å². The van der Waals surface area contributed by atoms with Crippen LogP contribution in [0.2, 0.25) is 0 Å². The predicted octanol–water partition coefficient (Wildman–Crippen LogP) is 3.76. The fourth-order valence-electron chi connectivity index (χ4n) is 2.02. The number of hydrogen-bond acceptors (Lipinski definition) is 1. The highest BCUT2D eigenvalue weighted by Crippen LogP contribution is 2.17. The molecule has 0 aliphatic heterocycles. The molecule has 106 valence electrons. The Kier molecular flexibility index (Phi) is 6.07. The Labute approximate surface area is 117 Å². The highest BCUT2D eigenvalue weighted by Gasteiger charge is 2.14. The summed E-state index contributed by atoms with van der Waals surface area (Å²) in [5, 5.41) is 2.99. The second kappa shape index (κ2) is 7.32. The third-order valence-electron chi connectivity index (χ3n) is 3.20. The molecule has 0 aliphatic carbocycles. The van der Waals surface area contributed by atoms with E-state index < -0.39 is 0 Å². The van der Waals surface area contributed by atoms with E-state index in [1.165, 1.54) is 5.56 Å². The summed E-state index contributed by atoms with van der Waals surface area (Å²) in [5.41, 5.74) is 2.43. The van der Waals surface area contributed by atoms with Crippen molar-refractivity contribution in [3.63, 3.8) is 0 Å². The van der Waals surface area contributed by atoms with Crippen LogP contribution >= 0.6 is 0 Å². The second-order valence-corrected chi connectivity index (χ2v) is 6.20. The SMILES string of the molecule is CC(C)CNC(=O)[C@@H](C)c1ccc(CC(C)C)cc1. The summed E-state index contributed by atoms with van der Waals surface area (Å²) in [7, 11) is 0. The molecule has 2 nitrogen and oxygen atoms in total. The summed E-state index contributed by atoms with van der Waals surface area (Å²) < 4.78 is 0. The molecule has 0 aromatic heterocycles. The van der Waals surface area contributed by atoms with E-state index in [4.69, 9.17) is 0 Å². The van der Waals surface area contributed by atoms with Crippen molar-refractivity contribution in [1.82, 2.24) is 5.32 Å². The van der Waals surface area contributed by atoms with Gasteiger partial charge in [0, 0.05) is 6.54 Å². The van der Waals surface area contributed by atoms with Gasteiger partial charge in [0.25, 0.3) is 0 Å². The Morgan fingerprint density at radius 2 is 1.58 bits per heavy atom. The lowest BCUT2D eigenvalue weighted by atomic mass is 9.96. The van der Waals surface area contributed by atoms with Crippen LogP contribution in [0.1, 0.15) is 51.7 Å². The van der Waals surface area contributed by atoms with Crippen molar-refractivity contribution < 1.29 is 4.79 Å². The summed E-state index contributed by atoms with van der Waals surface area (Å²) >= 11 is 0. The van der Waals surface area contributed by atoms with E-state index in [2.05, 4.69) is 57.3 Å². The molecule has 0 aliphatic rings. The van der Waals surface area contributed by atoms with Crippen molar-refractivity contribution in [2.24, 2.45) is 11.8 Å². The Bertz CT molecular complexity index is 392. The van der Waals surface area contributed by atoms with Crippen molar-refractivity contribution in [3.8, 4) is 0 Å². The Balaban J connectivity index is 2.61. The molecule has 0 saturated carbocycles. The maximum Gasteiger partial charge on any atom is 0.227 e. The third kappa shape index (κ3) is 5.46. The summed E-state index contributed by atoms with van der Waals surface area (Å²) in [6.07, 6.45) is 1.09. The zero-order valence-corrected chi connectivity index (χ0v) is 12.9. The van der Waals surface area contributed by atoms with E-state index in [-0.39, 0.29) is 11.8 Å². The topological polar surface area (TPSA) is 29.1 Å². The molecule has 1 N–H and O–H groups in total. The van der Waals surface area contributed by atoms with Crippen LogP contribution in [0.5, 0.6) is 0 Å². The van der Waals surface area contributed by atoms with Crippen LogP contribution in [0.3, 0.4) is 0 Å². The first-order chi connectivity index (χ1) is 8.90. The largest absolute Gasteiger partial charge is 0.355 e. The maximum atomic E-state index is 12.0. The summed E-state index contributed by atoms with van der Waals surface area (Å²) in [4.78, 5) is 12.0. The number of rotatable bonds is 6. The number of nitrogens with one attached hydrogen (secondary N) is 1. The van der Waals surface area contributed by atoms with Gasteiger partial charge in [-0.3, -0.25) is 4.79 Å². The van der Waals surface area contributed by atoms with E-state index in [9.17, 15) is 4.79 Å². The van der Waals surface area contributed by atoms with Gasteiger partial charge in [0.2, 0.25) is 5.91 Å². The number of carbonyl (C=O) groups excluding carboxylic acids is 1. The van der Waals surface area contributed by atoms with Crippen LogP contribution in [0.25, 0.3) is 0 Å². The molecule has 1 atom stereocenters. The number of carbonyl (C=O) groups is 1. The highest BCUT2D eigenvalue weighted by molar-refractivity contribution is 5.83. The fraction of sp³-hybridized carbons (Fsp3) is 0.588. The molecular weight excluding hydrogens is 234 g/mol. The average molecular weight is 261 g/mol. The molecule has 19 heavy (non-hydrogen) atoms. The smallest absolute Gasteiger partial charge is 0.227 e. The Hall–Kier alpha value is -1.31. The quantitative estimate of drug-likeness (QED) is 0.830. The molecule has 0 unspecified atom stereocenters. The first-order valence-corrected chi connectivity index (χ1v) is 7.26. The van der Waals surface area contributed by atoms with Gasteiger partial charge in [-0.05, 0) is 36.3 Å². The number of hydrogen-bond donors (Lipinski definition) is 1. The molecule has 1 aromatic rings. The minimum atomic E-state index is -0.0770. The van der Waals surface area contributed by atoms with Gasteiger partial charge in [-0.1, -0.05) is 52.0 Å². The Morgan fingerprint density at radius 1 is 1.00 bits per heavy atom. The summed E-state index contributed by atoms with van der Waals surface area (Å²) in [5.74, 6) is 1.19. The minimum Gasteiger partial charge on any atom is -0.355 e. The molecular formula is C17H27NO. The zero-order chi connectivity index (χ0) is 14.4. The van der Waals surface area contributed by atoms with Gasteiger partial charge in [0.1, 0.15) is 0 Å². The standard InChI is InChI=1S/C17H27NO/c1-12(2)10-15-6-8-16(9-7-15)14(5)17(19)18-11-13(3)4/h6-9,12-14H,10-11H2,1-5H3,(H,18,19)/t14-/m0/s1. The van der Waals surface area contributed by atoms with Crippen molar-refractivity contribution >= 4 is 5.91 Å². The molecule has 1 aromatic carbocycles. The van der Waals surface area contributed by atoms with E-state index in [0.29, 0.717) is 11.8 Å². The van der Waals surface area contributed by atoms with Gasteiger partial charge >= 0.3 is 0 Å². The van der Waals surface area contributed by atoms with E-state index in [1.54, 1.807) is 0 Å². The first-order valence-electron chi connectivity index (χ1n) is 7.26. The molecule has 0 fully saturated rings. The molecule has 1 amide bonds. The van der Waals surface area contributed by atoms with Crippen LogP contribution in [-0.4, -0.2) is 12.5 Å². The zero-order valence-electron chi connectivity index (χ0n) is 12.9. The van der Waals surface area contributed by atoms with Crippen LogP contribution in [0, 0.1) is 11.8 Å². The summed E-state index contributed by atoms with van der Waals surface area (Å²) in [6, 6.07) is 8.44. The van der Waals surface area contributed by atoms with Gasteiger partial charge in [-0.25, -0.2) is 0 Å². The molecule has 0 spiro atoms. The highest BCUT2D eigenvalue weighted by atomic mass is 16.1. The summed E-state index contributed by atoms with van der Waals surface area (Å²) in [6.45, 7) is 11.4. The first kappa shape index (κ1) is 15.7. The van der Waals surface area contributed by atoms with Crippen LogP contribution in [0.15, 0.2) is 24.3 Å². The average Bonchev–Trinajstić information content (AvgIpc) is 2.35. The predicted molar refractivity (Wildman–Crippen MR) is 81.2 cm³/mol. The molecule has 0 bridgehead atoms. The minimum absolute atomic E-state index is 0.0770. The monoisotopic (exact) mass is 261 g/mol. The normalized spacial score (nSPS) is 12.8. The molecule has 1 rings (SSSR count). The third-order valence-corrected chi connectivity index (χ3v) is 3.20. The van der Waals surface area contributed by atoms with Gasteiger partial charge in [0.15, 0.2) is 0 Å². The van der Waals surface area contributed by atoms with E-state index >= 15 is 0 Å². The molecule has 0 saturated heterocycles. The lowest BCUT2D eigenvalue weighted by molar-refractivity contribution is -0.122. The maximum absolute atomic E-state index is 12.0. The van der Waals surface area contributed by atoms with Crippen LogP contribution < -0.4 is 5.32 Å². The Morgan fingerprint density at radius 3 is 2.05 bits per heavy atom. The van der Waals surface area contributed by atoms with Gasteiger partial charge < -0.3 is 5.32 Å². The van der Waals surface area contributed by atoms with E-state index in [1.807, 2.05) is 6.92 Å². The van der Waals surface area contributed by atoms with Crippen LogP contribution in [-0.2, 0) is 11.2 Å². The number of amides is 1. The van der Waals surface area contributed by atoms with Crippen molar-refractivity contribution in [1.29, 1.82) is 0 Å². The van der Waals surface area contributed by atoms with E-state index in [0.717, 1.165) is 18.5 Å². The van der Waals surface area contributed by atoms with Crippen molar-refractivity contribution in [2.75, 3.05) is 6.54 Å². The lowest BCUT2D eigenvalue weighted by Gasteiger charge is -2.14. The number of benzene rings is 1. The fourth-order valence-corrected chi connectivity index (χ4v) is 2.02. The van der Waals surface area contributed by atoms with Crippen molar-refractivity contribution in [3.05, 3.63) is 35.4 Å². The van der Waals surface area contributed by atoms with Crippen LogP contribution in [0.4, 0.5) is 0 Å². The molecule has 0 heterocycles. The van der Waals surface area contributed by atoms with Gasteiger partial charge in [-0.15, -0.1) is 0 Å². The molecule has 0 radical (unpaired) electrons. The van der Waals surface area contributed by atoms with Gasteiger partial charge in [-0.2, -0.15) is 0 Å². The lowest BCUT2D eigenvalue weighted by Crippen LogP contribution is -2.31. The molecule has 2 heteroatoms. The second-order valence-electron chi connectivity index (χ2n) is 6.20.